The molecule has 0 radical (unpaired) electrons. The first-order chi connectivity index (χ1) is 13.3. The van der Waals surface area contributed by atoms with E-state index in [-0.39, 0.29) is 4.90 Å². The molecule has 28 heavy (non-hydrogen) atoms. The third-order valence-corrected chi connectivity index (χ3v) is 5.60. The quantitative estimate of drug-likeness (QED) is 0.416. The number of aromatic nitrogens is 3. The molecule has 0 bridgehead atoms. The van der Waals surface area contributed by atoms with Crippen molar-refractivity contribution >= 4 is 21.8 Å². The van der Waals surface area contributed by atoms with Crippen molar-refractivity contribution in [3.05, 3.63) is 42.7 Å². The lowest BCUT2D eigenvalue weighted by Gasteiger charge is -2.11. The number of ether oxygens (including phenoxy) is 1. The van der Waals surface area contributed by atoms with Crippen molar-refractivity contribution in [2.75, 3.05) is 12.4 Å². The number of hydrogen-bond donors (Lipinski definition) is 1. The normalized spacial score (nSPS) is 11.9. The number of nitrogens with two attached hydrogens (primary N) is 1. The Morgan fingerprint density at radius 2 is 1.96 bits per heavy atom. The fourth-order valence-corrected chi connectivity index (χ4v) is 3.81. The standard InChI is InChI=1S/C18H22N4O4S2/c1-13(2)12-22-17(16-4-3-9-26-16)20-21-18(22)27-11-10-25-14-5-7-15(8-6-14)28(19,23)24/h3-9,13H,10-12H2,1-2H3,(H2,19,23,24). The molecular formula is C18H22N4O4S2. The lowest BCUT2D eigenvalue weighted by Crippen LogP contribution is -2.12. The van der Waals surface area contributed by atoms with Crippen molar-refractivity contribution in [3.8, 4) is 17.3 Å². The molecule has 2 heterocycles. The van der Waals surface area contributed by atoms with E-state index in [1.54, 1.807) is 30.2 Å². The molecule has 0 spiro atoms. The largest absolute Gasteiger partial charge is 0.493 e. The summed E-state index contributed by atoms with van der Waals surface area (Å²) in [6.07, 6.45) is 1.62. The number of thioether (sulfide) groups is 1. The summed E-state index contributed by atoms with van der Waals surface area (Å²) in [5.41, 5.74) is 0. The van der Waals surface area contributed by atoms with Gasteiger partial charge in [-0.1, -0.05) is 25.6 Å². The highest BCUT2D eigenvalue weighted by Crippen LogP contribution is 2.25. The van der Waals surface area contributed by atoms with Gasteiger partial charge in [0.25, 0.3) is 0 Å². The van der Waals surface area contributed by atoms with E-state index in [1.807, 2.05) is 12.1 Å². The molecule has 0 amide bonds. The van der Waals surface area contributed by atoms with E-state index in [4.69, 9.17) is 14.3 Å². The van der Waals surface area contributed by atoms with Crippen LogP contribution in [0, 0.1) is 5.92 Å². The number of hydrogen-bond acceptors (Lipinski definition) is 7. The summed E-state index contributed by atoms with van der Waals surface area (Å²) < 4.78 is 35.7. The van der Waals surface area contributed by atoms with E-state index >= 15 is 0 Å². The summed E-state index contributed by atoms with van der Waals surface area (Å²) >= 11 is 1.54. The predicted molar refractivity (Wildman–Crippen MR) is 107 cm³/mol. The van der Waals surface area contributed by atoms with Gasteiger partial charge in [0.1, 0.15) is 5.75 Å². The van der Waals surface area contributed by atoms with Crippen LogP contribution >= 0.6 is 11.8 Å². The van der Waals surface area contributed by atoms with Crippen molar-refractivity contribution in [1.82, 2.24) is 14.8 Å². The third kappa shape index (κ3) is 5.15. The fraction of sp³-hybridized carbons (Fsp3) is 0.333. The van der Waals surface area contributed by atoms with Crippen LogP contribution in [0.2, 0.25) is 0 Å². The van der Waals surface area contributed by atoms with Crippen molar-refractivity contribution in [1.29, 1.82) is 0 Å². The minimum absolute atomic E-state index is 0.0569. The van der Waals surface area contributed by atoms with Crippen LogP contribution in [-0.2, 0) is 16.6 Å². The summed E-state index contributed by atoms with van der Waals surface area (Å²) in [5, 5.41) is 14.4. The molecule has 0 unspecified atom stereocenters. The van der Waals surface area contributed by atoms with Crippen LogP contribution in [0.5, 0.6) is 5.75 Å². The highest BCUT2D eigenvalue weighted by Gasteiger charge is 2.17. The lowest BCUT2D eigenvalue weighted by molar-refractivity contribution is 0.343. The SMILES string of the molecule is CC(C)Cn1c(SCCOc2ccc(S(N)(=O)=O)cc2)nnc1-c1ccco1. The lowest BCUT2D eigenvalue weighted by atomic mass is 10.2. The molecule has 0 aliphatic carbocycles. The molecule has 0 aliphatic rings. The number of nitrogens with zero attached hydrogens (tertiary/aromatic N) is 3. The Balaban J connectivity index is 1.60. The first kappa shape index (κ1) is 20.4. The number of sulfonamides is 1. The Morgan fingerprint density at radius 1 is 1.21 bits per heavy atom. The van der Waals surface area contributed by atoms with Gasteiger partial charge in [0, 0.05) is 12.3 Å². The van der Waals surface area contributed by atoms with Crippen molar-refractivity contribution in [2.45, 2.75) is 30.4 Å². The van der Waals surface area contributed by atoms with Crippen molar-refractivity contribution < 1.29 is 17.6 Å². The van der Waals surface area contributed by atoms with E-state index < -0.39 is 10.0 Å². The zero-order valence-electron chi connectivity index (χ0n) is 15.6. The van der Waals surface area contributed by atoms with Gasteiger partial charge in [-0.3, -0.25) is 4.57 Å². The number of benzene rings is 1. The van der Waals surface area contributed by atoms with Gasteiger partial charge >= 0.3 is 0 Å². The molecule has 150 valence electrons. The van der Waals surface area contributed by atoms with Gasteiger partial charge in [0.15, 0.2) is 16.7 Å². The van der Waals surface area contributed by atoms with Gasteiger partial charge in [0.05, 0.1) is 17.8 Å². The van der Waals surface area contributed by atoms with Crippen LogP contribution in [0.25, 0.3) is 11.6 Å². The maximum atomic E-state index is 11.3. The Bertz CT molecular complexity index is 997. The second kappa shape index (κ2) is 8.80. The smallest absolute Gasteiger partial charge is 0.238 e. The molecule has 10 heteroatoms. The second-order valence-corrected chi connectivity index (χ2v) is 9.12. The summed E-state index contributed by atoms with van der Waals surface area (Å²) in [6, 6.07) is 9.70. The van der Waals surface area contributed by atoms with Crippen LogP contribution in [0.1, 0.15) is 13.8 Å². The molecular weight excluding hydrogens is 400 g/mol. The molecule has 8 nitrogen and oxygen atoms in total. The minimum atomic E-state index is -3.70. The fourth-order valence-electron chi connectivity index (χ4n) is 2.53. The van der Waals surface area contributed by atoms with Gasteiger partial charge in [-0.2, -0.15) is 0 Å². The summed E-state index contributed by atoms with van der Waals surface area (Å²) in [7, 11) is -3.70. The maximum absolute atomic E-state index is 11.3. The number of rotatable bonds is 9. The molecule has 2 aromatic heterocycles. The monoisotopic (exact) mass is 422 g/mol. The molecule has 1 aromatic carbocycles. The minimum Gasteiger partial charge on any atom is -0.493 e. The van der Waals surface area contributed by atoms with Gasteiger partial charge in [-0.25, -0.2) is 13.6 Å². The van der Waals surface area contributed by atoms with E-state index in [2.05, 4.69) is 28.6 Å². The molecule has 0 fully saturated rings. The van der Waals surface area contributed by atoms with Gasteiger partial charge < -0.3 is 9.15 Å². The third-order valence-electron chi connectivity index (χ3n) is 3.74. The number of furan rings is 1. The Morgan fingerprint density at radius 3 is 2.57 bits per heavy atom. The van der Waals surface area contributed by atoms with Crippen molar-refractivity contribution in [2.24, 2.45) is 11.1 Å². The van der Waals surface area contributed by atoms with E-state index in [0.717, 1.165) is 11.7 Å². The maximum Gasteiger partial charge on any atom is 0.238 e. The van der Waals surface area contributed by atoms with Crippen LogP contribution < -0.4 is 9.88 Å². The first-order valence-corrected chi connectivity index (χ1v) is 11.2. The van der Waals surface area contributed by atoms with Crippen LogP contribution in [0.4, 0.5) is 0 Å². The van der Waals surface area contributed by atoms with E-state index in [9.17, 15) is 8.42 Å². The van der Waals surface area contributed by atoms with Crippen LogP contribution in [0.3, 0.4) is 0 Å². The van der Waals surface area contributed by atoms with Gasteiger partial charge in [-0.05, 0) is 42.3 Å². The van der Waals surface area contributed by atoms with Gasteiger partial charge in [0.2, 0.25) is 10.0 Å². The molecule has 3 aromatic rings. The molecule has 0 saturated carbocycles. The second-order valence-electron chi connectivity index (χ2n) is 6.50. The average Bonchev–Trinajstić information content (AvgIpc) is 3.28. The molecule has 2 N–H and O–H groups in total. The average molecular weight is 423 g/mol. The summed E-state index contributed by atoms with van der Waals surface area (Å²) in [6.45, 7) is 5.48. The zero-order chi connectivity index (χ0) is 20.1. The summed E-state index contributed by atoms with van der Waals surface area (Å²) in [4.78, 5) is 0.0569. The predicted octanol–water partition coefficient (Wildman–Crippen LogP) is 3.01. The Kier molecular flexibility index (Phi) is 6.42. The molecule has 3 rings (SSSR count). The zero-order valence-corrected chi connectivity index (χ0v) is 17.2. The Hall–Kier alpha value is -2.30. The van der Waals surface area contributed by atoms with Crippen LogP contribution in [-0.4, -0.2) is 35.5 Å². The van der Waals surface area contributed by atoms with E-state index in [1.165, 1.54) is 12.1 Å². The topological polar surface area (TPSA) is 113 Å². The summed E-state index contributed by atoms with van der Waals surface area (Å²) in [5.74, 6) is 3.06. The molecule has 0 saturated heterocycles. The van der Waals surface area contributed by atoms with Crippen molar-refractivity contribution in [3.63, 3.8) is 0 Å². The molecule has 0 aliphatic heterocycles. The molecule has 0 atom stereocenters. The highest BCUT2D eigenvalue weighted by molar-refractivity contribution is 7.99. The van der Waals surface area contributed by atoms with E-state index in [0.29, 0.717) is 35.6 Å². The highest BCUT2D eigenvalue weighted by atomic mass is 32.2. The van der Waals surface area contributed by atoms with Gasteiger partial charge in [-0.15, -0.1) is 10.2 Å². The Labute approximate surface area is 168 Å². The number of primary sulfonamides is 1. The van der Waals surface area contributed by atoms with Crippen LogP contribution in [0.15, 0.2) is 57.1 Å². The first-order valence-electron chi connectivity index (χ1n) is 8.70.